The second-order valence-electron chi connectivity index (χ2n) is 11.0. The predicted octanol–water partition coefficient (Wildman–Crippen LogP) is -6.88. The van der Waals surface area contributed by atoms with Gasteiger partial charge in [-0.3, -0.25) is 9.79 Å². The van der Waals surface area contributed by atoms with E-state index < -0.39 is 104 Å². The fourth-order valence-corrected chi connectivity index (χ4v) is 5.43. The van der Waals surface area contributed by atoms with Gasteiger partial charge < -0.3 is 83.8 Å². The number of amides is 1. The van der Waals surface area contributed by atoms with Crippen LogP contribution >= 0.6 is 0 Å². The molecule has 0 spiro atoms. The van der Waals surface area contributed by atoms with Crippen LogP contribution in [0.1, 0.15) is 19.3 Å². The van der Waals surface area contributed by atoms with Crippen LogP contribution in [-0.4, -0.2) is 156 Å². The third-order valence-electron chi connectivity index (χ3n) is 7.90. The van der Waals surface area contributed by atoms with E-state index in [1.165, 1.54) is 7.05 Å². The summed E-state index contributed by atoms with van der Waals surface area (Å²) < 4.78 is 39.4. The van der Waals surface area contributed by atoms with Crippen molar-refractivity contribution in [1.82, 2.24) is 10.6 Å². The Labute approximate surface area is 248 Å². The summed E-state index contributed by atoms with van der Waals surface area (Å²) in [6, 6.07) is -4.34. The molecule has 18 nitrogen and oxygen atoms in total. The SMILES string of the molecule is CN=C(N)NC1C(O)[C@@H](CO)OC(OC2C(F)[C@H](O[C@H]3OC(CN)[C@@H](O)CC3N)C(N)C[C@H]2NC(=O)[C@@H](O)CCN)[C@@H]1O. The normalized spacial score (nSPS) is 43.2. The van der Waals surface area contributed by atoms with E-state index in [-0.39, 0.29) is 38.3 Å². The Hall–Kier alpha value is -1.85. The lowest BCUT2D eigenvalue weighted by Gasteiger charge is -2.48. The van der Waals surface area contributed by atoms with E-state index in [0.29, 0.717) is 0 Å². The van der Waals surface area contributed by atoms with Crippen molar-refractivity contribution in [2.45, 2.75) is 111 Å². The molecule has 0 aromatic rings. The van der Waals surface area contributed by atoms with E-state index in [9.17, 15) is 30.3 Å². The lowest BCUT2D eigenvalue weighted by atomic mass is 9.84. The van der Waals surface area contributed by atoms with Crippen LogP contribution < -0.4 is 39.3 Å². The molecule has 0 aromatic heterocycles. The third kappa shape index (κ3) is 8.45. The molecule has 1 amide bonds. The number of hydrogen-bond acceptors (Lipinski definition) is 15. The monoisotopic (exact) mass is 626 g/mol. The number of hydrogen-bond donors (Lipinski definition) is 12. The summed E-state index contributed by atoms with van der Waals surface area (Å²) in [5, 5.41) is 56.9. The highest BCUT2D eigenvalue weighted by molar-refractivity contribution is 5.80. The van der Waals surface area contributed by atoms with Crippen LogP contribution in [0.4, 0.5) is 4.39 Å². The lowest BCUT2D eigenvalue weighted by Crippen LogP contribution is -2.69. The number of nitrogens with one attached hydrogen (secondary N) is 2. The van der Waals surface area contributed by atoms with E-state index in [2.05, 4.69) is 15.6 Å². The number of rotatable bonds is 11. The van der Waals surface area contributed by atoms with Crippen molar-refractivity contribution >= 4 is 11.9 Å². The summed E-state index contributed by atoms with van der Waals surface area (Å²) in [5.74, 6) is -1.01. The van der Waals surface area contributed by atoms with E-state index in [1.54, 1.807) is 0 Å². The number of halogens is 1. The third-order valence-corrected chi connectivity index (χ3v) is 7.90. The van der Waals surface area contributed by atoms with Gasteiger partial charge in [0.05, 0.1) is 36.9 Å². The van der Waals surface area contributed by atoms with Crippen LogP contribution in [-0.2, 0) is 23.7 Å². The van der Waals surface area contributed by atoms with Gasteiger partial charge in [0, 0.05) is 19.6 Å². The van der Waals surface area contributed by atoms with Crippen LogP contribution in [0.3, 0.4) is 0 Å². The van der Waals surface area contributed by atoms with Gasteiger partial charge in [0.1, 0.15) is 36.6 Å². The summed E-state index contributed by atoms with van der Waals surface area (Å²) in [4.78, 5) is 16.4. The molecule has 15 atom stereocenters. The molecule has 2 saturated heterocycles. The summed E-state index contributed by atoms with van der Waals surface area (Å²) >= 11 is 0. The van der Waals surface area contributed by atoms with Gasteiger partial charge in [0.2, 0.25) is 5.91 Å². The van der Waals surface area contributed by atoms with Crippen molar-refractivity contribution in [2.75, 3.05) is 26.7 Å². The molecule has 0 bridgehead atoms. The number of nitrogens with zero attached hydrogens (tertiary/aromatic N) is 1. The number of aliphatic hydroxyl groups is 5. The molecule has 17 N–H and O–H groups in total. The average Bonchev–Trinajstić information content (AvgIpc) is 2.97. The highest BCUT2D eigenvalue weighted by atomic mass is 19.1. The van der Waals surface area contributed by atoms with Crippen molar-refractivity contribution < 1.29 is 53.7 Å². The van der Waals surface area contributed by atoms with Crippen molar-refractivity contribution in [3.63, 3.8) is 0 Å². The van der Waals surface area contributed by atoms with Crippen molar-refractivity contribution in [3.8, 4) is 0 Å². The Balaban J connectivity index is 1.88. The number of nitrogens with two attached hydrogens (primary N) is 5. The molecule has 1 saturated carbocycles. The van der Waals surface area contributed by atoms with Crippen LogP contribution in [0, 0.1) is 0 Å². The minimum absolute atomic E-state index is 0.00600. The van der Waals surface area contributed by atoms with Crippen LogP contribution in [0.2, 0.25) is 0 Å². The molecule has 0 aromatic carbocycles. The largest absolute Gasteiger partial charge is 0.394 e. The van der Waals surface area contributed by atoms with Crippen LogP contribution in [0.5, 0.6) is 0 Å². The van der Waals surface area contributed by atoms with Gasteiger partial charge in [-0.1, -0.05) is 0 Å². The maximum atomic E-state index is 16.4. The van der Waals surface area contributed by atoms with Gasteiger partial charge in [-0.05, 0) is 25.8 Å². The molecule has 2 heterocycles. The van der Waals surface area contributed by atoms with Crippen molar-refractivity contribution in [1.29, 1.82) is 0 Å². The van der Waals surface area contributed by atoms with Crippen molar-refractivity contribution in [3.05, 3.63) is 0 Å². The highest BCUT2D eigenvalue weighted by Crippen LogP contribution is 2.33. The van der Waals surface area contributed by atoms with E-state index >= 15 is 4.39 Å². The van der Waals surface area contributed by atoms with Gasteiger partial charge in [-0.25, -0.2) is 4.39 Å². The van der Waals surface area contributed by atoms with Crippen LogP contribution in [0.25, 0.3) is 0 Å². The Morgan fingerprint density at radius 1 is 1.02 bits per heavy atom. The smallest absolute Gasteiger partial charge is 0.249 e. The summed E-state index contributed by atoms with van der Waals surface area (Å²) in [7, 11) is 1.36. The standard InChI is InChI=1S/C24H47FN8O10/c1-31-24(30)33-16-17(37)14(7-34)41-23(18(16)38)43-20-10(32-21(39)11(35)2-3-26)4-8(28)19(15(20)25)42-22-9(29)5-12(36)13(6-27)40-22/h8-20,22-23,34-38H,2-7,26-29H2,1H3,(H,32,39)(H3,30,31,33)/t8?,9?,10-,11+,12+,13?,14-,15?,16?,17?,18-,19-,20?,22-,23?/m1/s1. The molecule has 2 aliphatic heterocycles. The molecule has 250 valence electrons. The number of ether oxygens (including phenoxy) is 4. The first-order chi connectivity index (χ1) is 20.4. The average molecular weight is 627 g/mol. The Morgan fingerprint density at radius 2 is 1.67 bits per heavy atom. The quantitative estimate of drug-likeness (QED) is 0.0748. The maximum Gasteiger partial charge on any atom is 0.249 e. The first kappa shape index (κ1) is 35.6. The Bertz CT molecular complexity index is 929. The number of carbonyl (C=O) groups excluding carboxylic acids is 1. The molecule has 43 heavy (non-hydrogen) atoms. The van der Waals surface area contributed by atoms with Crippen molar-refractivity contribution in [2.24, 2.45) is 33.7 Å². The maximum absolute atomic E-state index is 16.4. The molecular formula is C24H47FN8O10. The molecular weight excluding hydrogens is 579 g/mol. The molecule has 1 aliphatic carbocycles. The zero-order valence-electron chi connectivity index (χ0n) is 23.9. The number of aliphatic imine (C=N–C) groups is 1. The summed E-state index contributed by atoms with van der Waals surface area (Å²) in [5.41, 5.74) is 29.2. The fourth-order valence-electron chi connectivity index (χ4n) is 5.43. The first-order valence-electron chi connectivity index (χ1n) is 14.2. The van der Waals surface area contributed by atoms with Crippen LogP contribution in [0.15, 0.2) is 4.99 Å². The molecule has 3 rings (SSSR count). The molecule has 3 fully saturated rings. The minimum Gasteiger partial charge on any atom is -0.394 e. The van der Waals surface area contributed by atoms with E-state index in [4.69, 9.17) is 47.6 Å². The molecule has 3 aliphatic rings. The summed E-state index contributed by atoms with van der Waals surface area (Å²) in [6.45, 7) is -0.746. The zero-order valence-corrected chi connectivity index (χ0v) is 23.9. The van der Waals surface area contributed by atoms with Gasteiger partial charge >= 0.3 is 0 Å². The predicted molar refractivity (Wildman–Crippen MR) is 147 cm³/mol. The number of carbonyl (C=O) groups is 1. The zero-order chi connectivity index (χ0) is 32.0. The Morgan fingerprint density at radius 3 is 2.28 bits per heavy atom. The lowest BCUT2D eigenvalue weighted by molar-refractivity contribution is -0.311. The first-order valence-corrected chi connectivity index (χ1v) is 14.2. The Kier molecular flexibility index (Phi) is 13.2. The van der Waals surface area contributed by atoms with E-state index in [0.717, 1.165) is 0 Å². The number of aliphatic hydroxyl groups excluding tert-OH is 5. The topological polar surface area (TPSA) is 322 Å². The molecule has 19 heteroatoms. The molecule has 0 radical (unpaired) electrons. The van der Waals surface area contributed by atoms with Gasteiger partial charge in [-0.15, -0.1) is 0 Å². The fraction of sp³-hybridized carbons (Fsp3) is 0.917. The second-order valence-corrected chi connectivity index (χ2v) is 11.0. The number of guanidine groups is 1. The minimum atomic E-state index is -2.11. The number of alkyl halides is 1. The van der Waals surface area contributed by atoms with Gasteiger partial charge in [0.25, 0.3) is 0 Å². The highest BCUT2D eigenvalue weighted by Gasteiger charge is 2.53. The molecule has 8 unspecified atom stereocenters. The summed E-state index contributed by atoms with van der Waals surface area (Å²) in [6.07, 6.45) is -15.9. The van der Waals surface area contributed by atoms with E-state index in [1.807, 2.05) is 0 Å². The second kappa shape index (κ2) is 15.9. The van der Waals surface area contributed by atoms with Gasteiger partial charge in [0.15, 0.2) is 24.7 Å². The van der Waals surface area contributed by atoms with Gasteiger partial charge in [-0.2, -0.15) is 0 Å².